The molecule has 0 aliphatic carbocycles. The molecule has 2 heterocycles. The summed E-state index contributed by atoms with van der Waals surface area (Å²) < 4.78 is 20.7. The number of carbonyl (C=O) groups is 3. The number of nitrogens with one attached hydrogen (secondary N) is 2. The summed E-state index contributed by atoms with van der Waals surface area (Å²) in [7, 11) is 1.54. The van der Waals surface area contributed by atoms with Crippen molar-refractivity contribution in [3.05, 3.63) is 64.8 Å². The number of hydrogen-bond donors (Lipinski definition) is 2. The van der Waals surface area contributed by atoms with Crippen molar-refractivity contribution < 1.29 is 33.0 Å². The van der Waals surface area contributed by atoms with Crippen molar-refractivity contribution in [2.45, 2.75) is 19.9 Å². The third kappa shape index (κ3) is 4.45. The molecule has 0 spiro atoms. The molecule has 1 aromatic carbocycles. The highest BCUT2D eigenvalue weighted by Gasteiger charge is 2.34. The van der Waals surface area contributed by atoms with Gasteiger partial charge in [0.15, 0.2) is 0 Å². The van der Waals surface area contributed by atoms with Gasteiger partial charge in [0.25, 0.3) is 0 Å². The van der Waals surface area contributed by atoms with Crippen LogP contribution in [0.4, 0.5) is 4.79 Å². The van der Waals surface area contributed by atoms with Gasteiger partial charge >= 0.3 is 18.0 Å². The first-order chi connectivity index (χ1) is 14.4. The first-order valence-electron chi connectivity index (χ1n) is 9.27. The van der Waals surface area contributed by atoms with Gasteiger partial charge in [0.1, 0.15) is 23.7 Å². The molecular weight excluding hydrogens is 392 g/mol. The van der Waals surface area contributed by atoms with Crippen LogP contribution >= 0.6 is 0 Å². The van der Waals surface area contributed by atoms with E-state index in [1.165, 1.54) is 12.3 Å². The number of carbonyl (C=O) groups excluding carboxylic acids is 3. The van der Waals surface area contributed by atoms with Crippen molar-refractivity contribution in [3.8, 4) is 5.75 Å². The largest absolute Gasteiger partial charge is 0.497 e. The molecule has 0 unspecified atom stereocenters. The number of rotatable bonds is 7. The van der Waals surface area contributed by atoms with E-state index in [0.717, 1.165) is 0 Å². The first-order valence-corrected chi connectivity index (χ1v) is 9.27. The van der Waals surface area contributed by atoms with Gasteiger partial charge < -0.3 is 29.3 Å². The second-order valence-electron chi connectivity index (χ2n) is 6.38. The molecule has 1 aliphatic heterocycles. The van der Waals surface area contributed by atoms with E-state index in [-0.39, 0.29) is 30.0 Å². The monoisotopic (exact) mass is 414 g/mol. The molecule has 0 radical (unpaired) electrons. The van der Waals surface area contributed by atoms with Crippen LogP contribution in [-0.4, -0.2) is 38.3 Å². The van der Waals surface area contributed by atoms with E-state index < -0.39 is 24.0 Å². The molecule has 0 bridgehead atoms. The minimum Gasteiger partial charge on any atom is -0.497 e. The quantitative estimate of drug-likeness (QED) is 0.669. The molecular formula is C21H22N2O7. The summed E-state index contributed by atoms with van der Waals surface area (Å²) >= 11 is 0. The summed E-state index contributed by atoms with van der Waals surface area (Å²) in [6.45, 7) is 3.13. The van der Waals surface area contributed by atoms with Crippen molar-refractivity contribution in [3.63, 3.8) is 0 Å². The summed E-state index contributed by atoms with van der Waals surface area (Å²) in [4.78, 5) is 37.3. The van der Waals surface area contributed by atoms with Crippen LogP contribution in [0.1, 0.15) is 34.6 Å². The number of hydrogen-bond acceptors (Lipinski definition) is 7. The summed E-state index contributed by atoms with van der Waals surface area (Å²) in [5.41, 5.74) is 1.20. The zero-order valence-corrected chi connectivity index (χ0v) is 16.8. The lowest BCUT2D eigenvalue weighted by Crippen LogP contribution is -2.47. The Kier molecular flexibility index (Phi) is 6.41. The lowest BCUT2D eigenvalue weighted by atomic mass is 9.95. The average molecular weight is 414 g/mol. The number of methoxy groups -OCH3 is 1. The number of benzene rings is 1. The molecule has 1 aliphatic rings. The Morgan fingerprint density at radius 1 is 1.10 bits per heavy atom. The number of ether oxygens (including phenoxy) is 3. The van der Waals surface area contributed by atoms with Gasteiger partial charge in [0.2, 0.25) is 0 Å². The van der Waals surface area contributed by atoms with Gasteiger partial charge in [-0.05, 0) is 37.6 Å². The van der Waals surface area contributed by atoms with Gasteiger partial charge in [-0.1, -0.05) is 12.1 Å². The second kappa shape index (κ2) is 9.17. The molecule has 0 saturated carbocycles. The van der Waals surface area contributed by atoms with E-state index in [9.17, 15) is 14.4 Å². The molecule has 0 fully saturated rings. The van der Waals surface area contributed by atoms with Crippen LogP contribution < -0.4 is 15.4 Å². The molecule has 1 aromatic heterocycles. The van der Waals surface area contributed by atoms with Crippen LogP contribution in [0.3, 0.4) is 0 Å². The fourth-order valence-electron chi connectivity index (χ4n) is 3.04. The maximum atomic E-state index is 12.7. The van der Waals surface area contributed by atoms with E-state index in [2.05, 4.69) is 10.6 Å². The molecule has 2 aromatic rings. The Hall–Kier alpha value is -3.75. The third-order valence-corrected chi connectivity index (χ3v) is 4.52. The van der Waals surface area contributed by atoms with Crippen LogP contribution in [0, 0.1) is 6.92 Å². The first kappa shape index (κ1) is 21.0. The van der Waals surface area contributed by atoms with Gasteiger partial charge in [-0.3, -0.25) is 0 Å². The van der Waals surface area contributed by atoms with E-state index in [1.54, 1.807) is 45.2 Å². The average Bonchev–Trinajstić information content (AvgIpc) is 3.17. The van der Waals surface area contributed by atoms with Crippen molar-refractivity contribution in [1.82, 2.24) is 10.6 Å². The van der Waals surface area contributed by atoms with Gasteiger partial charge in [-0.15, -0.1) is 0 Å². The molecule has 2 N–H and O–H groups in total. The number of amides is 2. The van der Waals surface area contributed by atoms with Crippen molar-refractivity contribution in [1.29, 1.82) is 0 Å². The number of aryl methyl sites for hydroxylation is 1. The predicted molar refractivity (Wildman–Crippen MR) is 105 cm³/mol. The zero-order valence-electron chi connectivity index (χ0n) is 16.8. The van der Waals surface area contributed by atoms with E-state index >= 15 is 0 Å². The standard InChI is InChI=1S/C21H22N2O7/c1-4-28-20(25)17-16(11-30-19(24)15-9-10-29-12(15)2)22-21(26)23-18(17)13-5-7-14(27-3)8-6-13/h5-10,18H,4,11H2,1-3H3,(H2,22,23,26)/t18-/m0/s1. The molecule has 158 valence electrons. The van der Waals surface area contributed by atoms with Gasteiger partial charge in [-0.2, -0.15) is 0 Å². The summed E-state index contributed by atoms with van der Waals surface area (Å²) in [5.74, 6) is -0.225. The molecule has 3 rings (SSSR count). The third-order valence-electron chi connectivity index (χ3n) is 4.52. The number of urea groups is 1. The Morgan fingerprint density at radius 2 is 1.83 bits per heavy atom. The smallest absolute Gasteiger partial charge is 0.342 e. The van der Waals surface area contributed by atoms with Crippen molar-refractivity contribution >= 4 is 18.0 Å². The summed E-state index contributed by atoms with van der Waals surface area (Å²) in [5, 5.41) is 5.26. The fourth-order valence-corrected chi connectivity index (χ4v) is 3.04. The molecule has 1 atom stereocenters. The number of furan rings is 1. The predicted octanol–water partition coefficient (Wildman–Crippen LogP) is 2.62. The highest BCUT2D eigenvalue weighted by molar-refractivity contribution is 5.95. The lowest BCUT2D eigenvalue weighted by Gasteiger charge is -2.29. The van der Waals surface area contributed by atoms with Crippen molar-refractivity contribution in [2.75, 3.05) is 20.3 Å². The molecule has 2 amide bonds. The number of esters is 2. The van der Waals surface area contributed by atoms with Gasteiger partial charge in [0.05, 0.1) is 37.3 Å². The highest BCUT2D eigenvalue weighted by atomic mass is 16.5. The Morgan fingerprint density at radius 3 is 2.43 bits per heavy atom. The molecule has 9 heteroatoms. The normalized spacial score (nSPS) is 15.8. The van der Waals surface area contributed by atoms with Crippen LogP contribution in [0.2, 0.25) is 0 Å². The van der Waals surface area contributed by atoms with E-state index in [1.807, 2.05) is 0 Å². The Bertz CT molecular complexity index is 975. The van der Waals surface area contributed by atoms with Crippen LogP contribution in [0.5, 0.6) is 5.75 Å². The van der Waals surface area contributed by atoms with E-state index in [0.29, 0.717) is 17.1 Å². The summed E-state index contributed by atoms with van der Waals surface area (Å²) in [6, 6.07) is 7.06. The fraction of sp³-hybridized carbons (Fsp3) is 0.286. The van der Waals surface area contributed by atoms with E-state index in [4.69, 9.17) is 18.6 Å². The van der Waals surface area contributed by atoms with Crippen molar-refractivity contribution in [2.24, 2.45) is 0 Å². The minimum atomic E-state index is -0.784. The summed E-state index contributed by atoms with van der Waals surface area (Å²) in [6.07, 6.45) is 1.38. The maximum Gasteiger partial charge on any atom is 0.342 e. The SMILES string of the molecule is CCOC(=O)C1=C(COC(=O)c2ccoc2C)NC(=O)N[C@H]1c1ccc(OC)cc1. The molecule has 9 nitrogen and oxygen atoms in total. The maximum absolute atomic E-state index is 12.7. The van der Waals surface area contributed by atoms with Crippen LogP contribution in [-0.2, 0) is 14.3 Å². The highest BCUT2D eigenvalue weighted by Crippen LogP contribution is 2.29. The van der Waals surface area contributed by atoms with Crippen LogP contribution in [0.25, 0.3) is 0 Å². The van der Waals surface area contributed by atoms with Gasteiger partial charge in [0, 0.05) is 0 Å². The second-order valence-corrected chi connectivity index (χ2v) is 6.38. The topological polar surface area (TPSA) is 116 Å². The lowest BCUT2D eigenvalue weighted by molar-refractivity contribution is -0.139. The Labute approximate surface area is 173 Å². The van der Waals surface area contributed by atoms with Gasteiger partial charge in [-0.25, -0.2) is 14.4 Å². The van der Waals surface area contributed by atoms with Crippen LogP contribution in [0.15, 0.2) is 52.3 Å². The minimum absolute atomic E-state index is 0.146. The molecule has 0 saturated heterocycles. The molecule has 30 heavy (non-hydrogen) atoms. The Balaban J connectivity index is 1.93. The zero-order chi connectivity index (χ0) is 21.7.